The summed E-state index contributed by atoms with van der Waals surface area (Å²) in [5.74, 6) is 0.985. The maximum absolute atomic E-state index is 14.2. The maximum atomic E-state index is 14.2. The van der Waals surface area contributed by atoms with Crippen molar-refractivity contribution in [3.63, 3.8) is 0 Å². The molecule has 3 aromatic carbocycles. The molecule has 170 valence electrons. The maximum Gasteiger partial charge on any atom is 0.220 e. The van der Waals surface area contributed by atoms with Gasteiger partial charge in [0.25, 0.3) is 0 Å². The number of amides is 1. The van der Waals surface area contributed by atoms with Crippen LogP contribution in [0.4, 0.5) is 4.39 Å². The van der Waals surface area contributed by atoms with Crippen molar-refractivity contribution in [2.75, 3.05) is 14.2 Å². The first kappa shape index (κ1) is 22.4. The van der Waals surface area contributed by atoms with E-state index in [4.69, 9.17) is 9.47 Å². The van der Waals surface area contributed by atoms with Crippen LogP contribution < -0.4 is 14.8 Å². The number of ether oxygens (including phenoxy) is 2. The summed E-state index contributed by atoms with van der Waals surface area (Å²) in [5.41, 5.74) is 3.58. The van der Waals surface area contributed by atoms with Crippen molar-refractivity contribution in [1.29, 1.82) is 0 Å². The zero-order chi connectivity index (χ0) is 23.2. The summed E-state index contributed by atoms with van der Waals surface area (Å²) < 4.78 is 27.0. The topological polar surface area (TPSA) is 52.5 Å². The van der Waals surface area contributed by atoms with Crippen LogP contribution in [0, 0.1) is 5.82 Å². The van der Waals surface area contributed by atoms with Crippen LogP contribution in [0.15, 0.2) is 72.9 Å². The van der Waals surface area contributed by atoms with Gasteiger partial charge >= 0.3 is 0 Å². The Bertz CT molecular complexity index is 1270. The first-order chi connectivity index (χ1) is 16.1. The molecular formula is C27H27FN2O3. The SMILES string of the molecule is COc1cccc(CNC(=O)CCc2cn(Cc3ccccc3F)c3ccccc23)c1OC. The van der Waals surface area contributed by atoms with E-state index in [1.807, 2.05) is 59.3 Å². The molecule has 0 aliphatic heterocycles. The number of carbonyl (C=O) groups excluding carboxylic acids is 1. The quantitative estimate of drug-likeness (QED) is 0.389. The predicted octanol–water partition coefficient (Wildman–Crippen LogP) is 5.09. The van der Waals surface area contributed by atoms with Crippen molar-refractivity contribution < 1.29 is 18.7 Å². The normalized spacial score (nSPS) is 10.9. The van der Waals surface area contributed by atoms with Crippen molar-refractivity contribution in [2.24, 2.45) is 0 Å². The standard InChI is InChI=1S/C27H27FN2O3/c1-32-25-13-7-9-19(27(25)33-2)16-29-26(31)15-14-20-17-30(24-12-6-4-10-22(20)24)18-21-8-3-5-11-23(21)28/h3-13,17H,14-16,18H2,1-2H3,(H,29,31). The Kier molecular flexibility index (Phi) is 6.93. The highest BCUT2D eigenvalue weighted by molar-refractivity contribution is 5.85. The Labute approximate surface area is 192 Å². The van der Waals surface area contributed by atoms with E-state index in [1.54, 1.807) is 26.4 Å². The molecule has 6 heteroatoms. The number of nitrogens with zero attached hydrogens (tertiary/aromatic N) is 1. The average molecular weight is 447 g/mol. The number of para-hydroxylation sites is 2. The minimum Gasteiger partial charge on any atom is -0.493 e. The first-order valence-corrected chi connectivity index (χ1v) is 10.9. The Morgan fingerprint density at radius 1 is 0.909 bits per heavy atom. The van der Waals surface area contributed by atoms with Gasteiger partial charge in [-0.05, 0) is 30.2 Å². The molecule has 33 heavy (non-hydrogen) atoms. The molecule has 0 aliphatic rings. The second-order valence-corrected chi connectivity index (χ2v) is 7.82. The third-order valence-corrected chi connectivity index (χ3v) is 5.75. The molecule has 4 aromatic rings. The lowest BCUT2D eigenvalue weighted by Gasteiger charge is -2.13. The van der Waals surface area contributed by atoms with E-state index in [-0.39, 0.29) is 11.7 Å². The van der Waals surface area contributed by atoms with Crippen LogP contribution in [0.2, 0.25) is 0 Å². The molecule has 0 saturated heterocycles. The lowest BCUT2D eigenvalue weighted by molar-refractivity contribution is -0.121. The van der Waals surface area contributed by atoms with Crippen molar-refractivity contribution in [3.8, 4) is 11.5 Å². The van der Waals surface area contributed by atoms with Crippen LogP contribution in [-0.2, 0) is 24.3 Å². The summed E-state index contributed by atoms with van der Waals surface area (Å²) >= 11 is 0. The van der Waals surface area contributed by atoms with Crippen LogP contribution in [-0.4, -0.2) is 24.7 Å². The highest BCUT2D eigenvalue weighted by atomic mass is 19.1. The van der Waals surface area contributed by atoms with E-state index in [9.17, 15) is 9.18 Å². The van der Waals surface area contributed by atoms with E-state index in [1.165, 1.54) is 6.07 Å². The molecular weight excluding hydrogens is 419 g/mol. The Balaban J connectivity index is 1.44. The summed E-state index contributed by atoms with van der Waals surface area (Å²) in [5, 5.41) is 4.05. The molecule has 1 aromatic heterocycles. The fourth-order valence-electron chi connectivity index (χ4n) is 4.09. The van der Waals surface area contributed by atoms with Gasteiger partial charge in [0.05, 0.1) is 20.8 Å². The number of hydrogen-bond donors (Lipinski definition) is 1. The molecule has 1 amide bonds. The summed E-state index contributed by atoms with van der Waals surface area (Å²) in [6.45, 7) is 0.795. The molecule has 5 nitrogen and oxygen atoms in total. The number of aryl methyl sites for hydroxylation is 1. The molecule has 0 atom stereocenters. The molecule has 0 radical (unpaired) electrons. The minimum absolute atomic E-state index is 0.0502. The van der Waals surface area contributed by atoms with Gasteiger partial charge < -0.3 is 19.4 Å². The molecule has 0 spiro atoms. The fourth-order valence-corrected chi connectivity index (χ4v) is 4.09. The Morgan fingerprint density at radius 3 is 2.45 bits per heavy atom. The van der Waals surface area contributed by atoms with E-state index < -0.39 is 0 Å². The van der Waals surface area contributed by atoms with Gasteiger partial charge in [0.15, 0.2) is 11.5 Å². The van der Waals surface area contributed by atoms with Gasteiger partial charge in [-0.15, -0.1) is 0 Å². The average Bonchev–Trinajstić information content (AvgIpc) is 3.19. The summed E-state index contributed by atoms with van der Waals surface area (Å²) in [4.78, 5) is 12.6. The number of hydrogen-bond acceptors (Lipinski definition) is 3. The highest BCUT2D eigenvalue weighted by Crippen LogP contribution is 2.30. The second-order valence-electron chi connectivity index (χ2n) is 7.82. The number of halogens is 1. The number of benzene rings is 3. The largest absolute Gasteiger partial charge is 0.493 e. The van der Waals surface area contributed by atoms with Crippen molar-refractivity contribution >= 4 is 16.8 Å². The molecule has 4 rings (SSSR count). The molecule has 0 unspecified atom stereocenters. The van der Waals surface area contributed by atoms with E-state index in [0.717, 1.165) is 22.0 Å². The van der Waals surface area contributed by atoms with Crippen LogP contribution in [0.3, 0.4) is 0 Å². The second kappa shape index (κ2) is 10.2. The van der Waals surface area contributed by atoms with E-state index >= 15 is 0 Å². The third kappa shape index (κ3) is 5.00. The predicted molar refractivity (Wildman–Crippen MR) is 127 cm³/mol. The van der Waals surface area contributed by atoms with Crippen LogP contribution in [0.5, 0.6) is 11.5 Å². The van der Waals surface area contributed by atoms with Gasteiger partial charge in [0.1, 0.15) is 5.82 Å². The fraction of sp³-hybridized carbons (Fsp3) is 0.222. The number of aromatic nitrogens is 1. The molecule has 0 saturated carbocycles. The monoisotopic (exact) mass is 446 g/mol. The number of methoxy groups -OCH3 is 2. The van der Waals surface area contributed by atoms with Gasteiger partial charge in [-0.25, -0.2) is 4.39 Å². The Morgan fingerprint density at radius 2 is 1.67 bits per heavy atom. The van der Waals surface area contributed by atoms with Crippen molar-refractivity contribution in [2.45, 2.75) is 25.9 Å². The van der Waals surface area contributed by atoms with E-state index in [2.05, 4.69) is 5.32 Å². The zero-order valence-corrected chi connectivity index (χ0v) is 18.8. The number of rotatable bonds is 9. The van der Waals surface area contributed by atoms with Gasteiger partial charge in [-0.2, -0.15) is 0 Å². The smallest absolute Gasteiger partial charge is 0.220 e. The van der Waals surface area contributed by atoms with Gasteiger partial charge in [0.2, 0.25) is 5.91 Å². The number of nitrogens with one attached hydrogen (secondary N) is 1. The van der Waals surface area contributed by atoms with Crippen LogP contribution in [0.1, 0.15) is 23.1 Å². The summed E-state index contributed by atoms with van der Waals surface area (Å²) in [6, 6.07) is 20.4. The molecule has 0 bridgehead atoms. The first-order valence-electron chi connectivity index (χ1n) is 10.9. The van der Waals surface area contributed by atoms with Gasteiger partial charge in [-0.3, -0.25) is 4.79 Å². The molecule has 0 fully saturated rings. The molecule has 1 N–H and O–H groups in total. The van der Waals surface area contributed by atoms with Gasteiger partial charge in [0, 0.05) is 41.2 Å². The van der Waals surface area contributed by atoms with Crippen molar-refractivity contribution in [3.05, 3.63) is 95.4 Å². The van der Waals surface area contributed by atoms with Crippen LogP contribution in [0.25, 0.3) is 10.9 Å². The number of fused-ring (bicyclic) bond motifs is 1. The lowest BCUT2D eigenvalue weighted by atomic mass is 10.1. The molecule has 1 heterocycles. The third-order valence-electron chi connectivity index (χ3n) is 5.75. The summed E-state index contributed by atoms with van der Waals surface area (Å²) in [7, 11) is 3.17. The van der Waals surface area contributed by atoms with Crippen LogP contribution >= 0.6 is 0 Å². The highest BCUT2D eigenvalue weighted by Gasteiger charge is 2.13. The lowest BCUT2D eigenvalue weighted by Crippen LogP contribution is -2.23. The summed E-state index contributed by atoms with van der Waals surface area (Å²) in [6.07, 6.45) is 2.96. The zero-order valence-electron chi connectivity index (χ0n) is 18.8. The van der Waals surface area contributed by atoms with Gasteiger partial charge in [-0.1, -0.05) is 48.5 Å². The number of carbonyl (C=O) groups is 1. The van der Waals surface area contributed by atoms with Crippen molar-refractivity contribution in [1.82, 2.24) is 9.88 Å². The van der Waals surface area contributed by atoms with E-state index in [0.29, 0.717) is 43.0 Å². The minimum atomic E-state index is -0.218. The molecule has 0 aliphatic carbocycles. The Hall–Kier alpha value is -3.80.